The predicted molar refractivity (Wildman–Crippen MR) is 142 cm³/mol. The predicted octanol–water partition coefficient (Wildman–Crippen LogP) is 6.00. The number of aromatic amines is 1. The molecule has 0 bridgehead atoms. The third-order valence-electron chi connectivity index (χ3n) is 6.50. The Labute approximate surface area is 219 Å². The number of nitrogens with one attached hydrogen (secondary N) is 3. The molecule has 3 N–H and O–H groups in total. The topological polar surface area (TPSA) is 109 Å². The highest BCUT2D eigenvalue weighted by Crippen LogP contribution is 2.42. The average Bonchev–Trinajstić information content (AvgIpc) is 3.41. The Morgan fingerprint density at radius 2 is 1.95 bits per heavy atom. The highest BCUT2D eigenvalue weighted by Gasteiger charge is 2.37. The van der Waals surface area contributed by atoms with Crippen LogP contribution in [0, 0.1) is 5.92 Å². The maximum Gasteiger partial charge on any atom is 0.419 e. The van der Waals surface area contributed by atoms with Crippen LogP contribution in [0.1, 0.15) is 45.6 Å². The zero-order valence-electron chi connectivity index (χ0n) is 22.1. The summed E-state index contributed by atoms with van der Waals surface area (Å²) in [6.45, 7) is 8.94. The van der Waals surface area contributed by atoms with Gasteiger partial charge in [-0.2, -0.15) is 13.2 Å². The fraction of sp³-hybridized carbons (Fsp3) is 0.500. The molecule has 38 heavy (non-hydrogen) atoms. The van der Waals surface area contributed by atoms with Gasteiger partial charge in [0.1, 0.15) is 18.3 Å². The Morgan fingerprint density at radius 3 is 2.61 bits per heavy atom. The van der Waals surface area contributed by atoms with E-state index in [0.29, 0.717) is 22.8 Å². The van der Waals surface area contributed by atoms with Crippen molar-refractivity contribution in [2.45, 2.75) is 57.9 Å². The molecule has 2 atom stereocenters. The summed E-state index contributed by atoms with van der Waals surface area (Å²) in [4.78, 5) is 23.4. The van der Waals surface area contributed by atoms with Crippen molar-refractivity contribution >= 4 is 35.4 Å². The molecule has 3 aromatic rings. The number of halogens is 3. The summed E-state index contributed by atoms with van der Waals surface area (Å²) in [5, 5.41) is 7.04. The Kier molecular flexibility index (Phi) is 7.54. The number of amides is 1. The van der Waals surface area contributed by atoms with Crippen LogP contribution in [0.3, 0.4) is 0 Å². The molecule has 0 aliphatic heterocycles. The van der Waals surface area contributed by atoms with Gasteiger partial charge in [-0.05, 0) is 58.9 Å². The highest BCUT2D eigenvalue weighted by atomic mass is 31.2. The molecule has 4 rings (SSSR count). The van der Waals surface area contributed by atoms with Gasteiger partial charge in [0.2, 0.25) is 5.95 Å². The van der Waals surface area contributed by atoms with Crippen molar-refractivity contribution in [3.63, 3.8) is 0 Å². The van der Waals surface area contributed by atoms with Crippen molar-refractivity contribution in [2.75, 3.05) is 25.2 Å². The van der Waals surface area contributed by atoms with Crippen molar-refractivity contribution in [3.05, 3.63) is 36.2 Å². The Balaban J connectivity index is 1.63. The third-order valence-corrected chi connectivity index (χ3v) is 8.04. The van der Waals surface area contributed by atoms with Crippen LogP contribution in [0.4, 0.5) is 23.9 Å². The van der Waals surface area contributed by atoms with Gasteiger partial charge in [-0.25, -0.2) is 14.8 Å². The summed E-state index contributed by atoms with van der Waals surface area (Å²) in [6, 6.07) is 4.95. The summed E-state index contributed by atoms with van der Waals surface area (Å²) in [5.41, 5.74) is -1.05. The maximum atomic E-state index is 14.0. The lowest BCUT2D eigenvalue weighted by molar-refractivity contribution is -0.137. The number of carbonyl (C=O) groups is 1. The number of hydrogen-bond donors (Lipinski definition) is 3. The van der Waals surface area contributed by atoms with Crippen LogP contribution < -0.4 is 15.9 Å². The largest absolute Gasteiger partial charge is 0.444 e. The van der Waals surface area contributed by atoms with Gasteiger partial charge >= 0.3 is 12.3 Å². The molecule has 2 unspecified atom stereocenters. The summed E-state index contributed by atoms with van der Waals surface area (Å²) < 4.78 is 60.1. The number of rotatable bonds is 6. The maximum absolute atomic E-state index is 14.0. The smallest absolute Gasteiger partial charge is 0.419 e. The van der Waals surface area contributed by atoms with Gasteiger partial charge in [0.05, 0.1) is 11.2 Å². The molecule has 1 amide bonds. The standard InChI is InChI=1S/C26H33F3N5O3P/c1-25(2,3)37-24(35)32-12-15-8-6-10-19(15)33-23-31-14-18(26(27,28)29)21(34-23)17-13-30-22-16(17)9-7-11-20(22)38(4,5)36/h7,9,11,13-15,19,30H,6,8,10,12H2,1-5H3,(H,32,35)(H,31,33,34). The molecule has 0 spiro atoms. The van der Waals surface area contributed by atoms with Crippen molar-refractivity contribution in [1.29, 1.82) is 0 Å². The van der Waals surface area contributed by atoms with Crippen molar-refractivity contribution in [1.82, 2.24) is 20.3 Å². The molecule has 0 saturated heterocycles. The fourth-order valence-electron chi connectivity index (χ4n) is 4.81. The van der Waals surface area contributed by atoms with Crippen LogP contribution in [0.25, 0.3) is 22.2 Å². The van der Waals surface area contributed by atoms with E-state index in [1.165, 1.54) is 6.20 Å². The SMILES string of the molecule is CC(C)(C)OC(=O)NCC1CCCC1Nc1ncc(C(F)(F)F)c(-c2c[nH]c3c(P(C)(C)=O)cccc23)n1. The lowest BCUT2D eigenvalue weighted by Crippen LogP contribution is -2.38. The number of aromatic nitrogens is 3. The second-order valence-corrected chi connectivity index (χ2v) is 14.2. The number of alkyl halides is 3. The molecule has 1 fully saturated rings. The zero-order chi connectivity index (χ0) is 27.9. The number of hydrogen-bond acceptors (Lipinski definition) is 6. The van der Waals surface area contributed by atoms with Crippen LogP contribution in [0.2, 0.25) is 0 Å². The van der Waals surface area contributed by atoms with Crippen LogP contribution in [-0.2, 0) is 15.5 Å². The van der Waals surface area contributed by atoms with Crippen LogP contribution >= 0.6 is 7.14 Å². The summed E-state index contributed by atoms with van der Waals surface area (Å²) in [5.74, 6) is 0.111. The first-order chi connectivity index (χ1) is 17.6. The lowest BCUT2D eigenvalue weighted by atomic mass is 10.0. The van der Waals surface area contributed by atoms with E-state index in [1.807, 2.05) is 0 Å². The van der Waals surface area contributed by atoms with Crippen molar-refractivity contribution in [3.8, 4) is 11.3 Å². The molecule has 2 aromatic heterocycles. The summed E-state index contributed by atoms with van der Waals surface area (Å²) in [7, 11) is -2.69. The molecule has 1 saturated carbocycles. The summed E-state index contributed by atoms with van der Waals surface area (Å²) >= 11 is 0. The van der Waals surface area contributed by atoms with Gasteiger partial charge in [-0.3, -0.25) is 0 Å². The minimum absolute atomic E-state index is 0.0377. The molecule has 1 aromatic carbocycles. The molecule has 1 aliphatic carbocycles. The van der Waals surface area contributed by atoms with E-state index >= 15 is 0 Å². The minimum Gasteiger partial charge on any atom is -0.444 e. The number of ether oxygens (including phenoxy) is 1. The van der Waals surface area contributed by atoms with Gasteiger partial charge < -0.3 is 24.9 Å². The van der Waals surface area contributed by atoms with Crippen molar-refractivity contribution in [2.24, 2.45) is 5.92 Å². The number of carbonyl (C=O) groups excluding carboxylic acids is 1. The number of fused-ring (bicyclic) bond motifs is 1. The number of para-hydroxylation sites is 1. The zero-order valence-corrected chi connectivity index (χ0v) is 23.0. The van der Waals surface area contributed by atoms with Gasteiger partial charge in [0, 0.05) is 41.2 Å². The fourth-order valence-corrected chi connectivity index (χ4v) is 5.98. The van der Waals surface area contributed by atoms with Crippen molar-refractivity contribution < 1.29 is 27.3 Å². The average molecular weight is 552 g/mol. The van der Waals surface area contributed by atoms with Crippen LogP contribution in [0.15, 0.2) is 30.6 Å². The minimum atomic E-state index is -4.67. The Morgan fingerprint density at radius 1 is 1.21 bits per heavy atom. The molecule has 0 radical (unpaired) electrons. The third kappa shape index (κ3) is 6.31. The molecule has 1 aliphatic rings. The second-order valence-electron chi connectivity index (χ2n) is 11.0. The summed E-state index contributed by atoms with van der Waals surface area (Å²) in [6.07, 6.45) is -0.439. The van der Waals surface area contributed by atoms with E-state index in [0.717, 1.165) is 25.5 Å². The number of nitrogens with zero attached hydrogens (tertiary/aromatic N) is 2. The van der Waals surface area contributed by atoms with E-state index in [9.17, 15) is 22.5 Å². The number of anilines is 1. The van der Waals surface area contributed by atoms with Gasteiger partial charge in [-0.1, -0.05) is 18.6 Å². The van der Waals surface area contributed by atoms with E-state index in [-0.39, 0.29) is 29.2 Å². The monoisotopic (exact) mass is 551 g/mol. The molecule has 8 nitrogen and oxygen atoms in total. The van der Waals surface area contributed by atoms with E-state index in [1.54, 1.807) is 52.3 Å². The van der Waals surface area contributed by atoms with Crippen LogP contribution in [0.5, 0.6) is 0 Å². The number of benzene rings is 1. The van der Waals surface area contributed by atoms with E-state index in [4.69, 9.17) is 4.74 Å². The molecule has 2 heterocycles. The quantitative estimate of drug-likeness (QED) is 0.325. The van der Waals surface area contributed by atoms with Gasteiger partial charge in [0.15, 0.2) is 0 Å². The van der Waals surface area contributed by atoms with E-state index in [2.05, 4.69) is 25.6 Å². The van der Waals surface area contributed by atoms with Crippen LogP contribution in [-0.4, -0.2) is 52.6 Å². The first-order valence-corrected chi connectivity index (χ1v) is 15.1. The normalized spacial score (nSPS) is 18.5. The molecular formula is C26H33F3N5O3P. The first kappa shape index (κ1) is 28.0. The number of alkyl carbamates (subject to hydrolysis) is 1. The Hall–Kier alpha value is -3.07. The molecule has 12 heteroatoms. The second kappa shape index (κ2) is 10.2. The van der Waals surface area contributed by atoms with Gasteiger partial charge in [-0.15, -0.1) is 0 Å². The number of H-pyrrole nitrogens is 1. The first-order valence-electron chi connectivity index (χ1n) is 12.5. The lowest BCUT2D eigenvalue weighted by Gasteiger charge is -2.24. The Bertz CT molecular complexity index is 1380. The highest BCUT2D eigenvalue weighted by molar-refractivity contribution is 7.70. The molecule has 206 valence electrons. The van der Waals surface area contributed by atoms with E-state index < -0.39 is 30.6 Å². The van der Waals surface area contributed by atoms with Gasteiger partial charge in [0.25, 0.3) is 0 Å². The molecular weight excluding hydrogens is 518 g/mol.